The van der Waals surface area contributed by atoms with Gasteiger partial charge in [-0.05, 0) is 25.1 Å². The van der Waals surface area contributed by atoms with Crippen LogP contribution in [0.15, 0.2) is 28.7 Å². The molecule has 1 atom stereocenters. The second-order valence-electron chi connectivity index (χ2n) is 4.24. The van der Waals surface area contributed by atoms with Gasteiger partial charge in [0.1, 0.15) is 5.82 Å². The highest BCUT2D eigenvalue weighted by Crippen LogP contribution is 2.23. The standard InChI is InChI=1S/C12H13BrN4/c13-10-3-1-2-8(6-10)11-15-12(17-16-11)9-4-5-14-7-9/h1-3,6,9,14H,4-5,7H2,(H,15,16,17). The summed E-state index contributed by atoms with van der Waals surface area (Å²) in [5, 5.41) is 10.7. The number of hydrogen-bond acceptors (Lipinski definition) is 3. The van der Waals surface area contributed by atoms with Crippen LogP contribution in [0.2, 0.25) is 0 Å². The molecule has 5 heteroatoms. The fraction of sp³-hybridized carbons (Fsp3) is 0.333. The van der Waals surface area contributed by atoms with Crippen LogP contribution >= 0.6 is 15.9 Å². The van der Waals surface area contributed by atoms with E-state index in [2.05, 4.69) is 36.4 Å². The van der Waals surface area contributed by atoms with Crippen molar-refractivity contribution in [2.24, 2.45) is 0 Å². The molecule has 3 rings (SSSR count). The molecule has 1 saturated heterocycles. The summed E-state index contributed by atoms with van der Waals surface area (Å²) in [6, 6.07) is 8.04. The molecular formula is C12H13BrN4. The number of halogens is 1. The van der Waals surface area contributed by atoms with Crippen LogP contribution in [-0.2, 0) is 0 Å². The quantitative estimate of drug-likeness (QED) is 0.893. The van der Waals surface area contributed by atoms with E-state index in [4.69, 9.17) is 0 Å². The number of aromatic amines is 1. The maximum atomic E-state index is 4.58. The minimum atomic E-state index is 0.475. The monoisotopic (exact) mass is 292 g/mol. The molecule has 0 bridgehead atoms. The van der Waals surface area contributed by atoms with Crippen molar-refractivity contribution >= 4 is 15.9 Å². The number of nitrogens with zero attached hydrogens (tertiary/aromatic N) is 2. The molecular weight excluding hydrogens is 280 g/mol. The summed E-state index contributed by atoms with van der Waals surface area (Å²) in [5.74, 6) is 2.24. The maximum absolute atomic E-state index is 4.58. The average Bonchev–Trinajstić information content (AvgIpc) is 3.00. The molecule has 4 nitrogen and oxygen atoms in total. The van der Waals surface area contributed by atoms with E-state index < -0.39 is 0 Å². The summed E-state index contributed by atoms with van der Waals surface area (Å²) < 4.78 is 1.05. The first-order valence-corrected chi connectivity index (χ1v) is 6.51. The molecule has 1 aliphatic heterocycles. The number of aromatic nitrogens is 3. The number of benzene rings is 1. The van der Waals surface area contributed by atoms with Crippen molar-refractivity contribution in [1.29, 1.82) is 0 Å². The lowest BCUT2D eigenvalue weighted by Crippen LogP contribution is -2.08. The van der Waals surface area contributed by atoms with Crippen molar-refractivity contribution < 1.29 is 0 Å². The van der Waals surface area contributed by atoms with Crippen molar-refractivity contribution in [3.05, 3.63) is 34.6 Å². The minimum absolute atomic E-state index is 0.475. The van der Waals surface area contributed by atoms with Gasteiger partial charge in [-0.25, -0.2) is 4.98 Å². The summed E-state index contributed by atoms with van der Waals surface area (Å²) in [4.78, 5) is 4.58. The Morgan fingerprint density at radius 2 is 2.29 bits per heavy atom. The van der Waals surface area contributed by atoms with Gasteiger partial charge in [0.2, 0.25) is 0 Å². The molecule has 0 spiro atoms. The van der Waals surface area contributed by atoms with E-state index in [1.807, 2.05) is 24.3 Å². The van der Waals surface area contributed by atoms with Crippen LogP contribution in [0.4, 0.5) is 0 Å². The van der Waals surface area contributed by atoms with Gasteiger partial charge in [-0.15, -0.1) is 0 Å². The molecule has 0 radical (unpaired) electrons. The van der Waals surface area contributed by atoms with E-state index in [9.17, 15) is 0 Å². The first-order valence-electron chi connectivity index (χ1n) is 5.72. The highest BCUT2D eigenvalue weighted by molar-refractivity contribution is 9.10. The van der Waals surface area contributed by atoms with Crippen LogP contribution in [0.1, 0.15) is 18.2 Å². The van der Waals surface area contributed by atoms with Gasteiger partial charge in [0.15, 0.2) is 5.82 Å². The first-order chi connectivity index (χ1) is 8.33. The van der Waals surface area contributed by atoms with Gasteiger partial charge in [0.25, 0.3) is 0 Å². The van der Waals surface area contributed by atoms with Crippen molar-refractivity contribution in [3.8, 4) is 11.4 Å². The Morgan fingerprint density at radius 1 is 1.35 bits per heavy atom. The molecule has 1 aliphatic rings. The van der Waals surface area contributed by atoms with E-state index >= 15 is 0 Å². The summed E-state index contributed by atoms with van der Waals surface area (Å²) in [7, 11) is 0. The normalized spacial score (nSPS) is 19.7. The van der Waals surface area contributed by atoms with Crippen molar-refractivity contribution in [3.63, 3.8) is 0 Å². The third kappa shape index (κ3) is 2.25. The second kappa shape index (κ2) is 4.58. The Labute approximate surface area is 108 Å². The smallest absolute Gasteiger partial charge is 0.181 e. The Balaban J connectivity index is 1.89. The van der Waals surface area contributed by atoms with Crippen LogP contribution in [0.5, 0.6) is 0 Å². The van der Waals surface area contributed by atoms with Gasteiger partial charge in [-0.2, -0.15) is 5.10 Å². The van der Waals surface area contributed by atoms with Gasteiger partial charge in [0.05, 0.1) is 0 Å². The van der Waals surface area contributed by atoms with Gasteiger partial charge >= 0.3 is 0 Å². The van der Waals surface area contributed by atoms with E-state index in [1.54, 1.807) is 0 Å². The topological polar surface area (TPSA) is 53.6 Å². The number of nitrogens with one attached hydrogen (secondary N) is 2. The van der Waals surface area contributed by atoms with Crippen LogP contribution in [-0.4, -0.2) is 28.3 Å². The average molecular weight is 293 g/mol. The predicted octanol–water partition coefficient (Wildman–Crippen LogP) is 2.31. The second-order valence-corrected chi connectivity index (χ2v) is 5.16. The molecule has 17 heavy (non-hydrogen) atoms. The maximum Gasteiger partial charge on any atom is 0.181 e. The Bertz CT molecular complexity index is 517. The lowest BCUT2D eigenvalue weighted by Gasteiger charge is -2.01. The van der Waals surface area contributed by atoms with Gasteiger partial charge in [0, 0.05) is 22.5 Å². The Kier molecular flexibility index (Phi) is 2.94. The molecule has 2 aromatic rings. The molecule has 0 saturated carbocycles. The predicted molar refractivity (Wildman–Crippen MR) is 69.7 cm³/mol. The number of hydrogen-bond donors (Lipinski definition) is 2. The molecule has 2 heterocycles. The molecule has 1 aromatic heterocycles. The SMILES string of the molecule is Brc1cccc(-c2n[nH]c(C3CCNC3)n2)c1. The molecule has 2 N–H and O–H groups in total. The van der Waals surface area contributed by atoms with E-state index in [0.29, 0.717) is 5.92 Å². The molecule has 88 valence electrons. The van der Waals surface area contributed by atoms with Gasteiger partial charge < -0.3 is 5.32 Å². The zero-order chi connectivity index (χ0) is 11.7. The van der Waals surface area contributed by atoms with E-state index in [1.165, 1.54) is 0 Å². The fourth-order valence-corrected chi connectivity index (χ4v) is 2.50. The molecule has 1 aromatic carbocycles. The van der Waals surface area contributed by atoms with E-state index in [0.717, 1.165) is 41.2 Å². The van der Waals surface area contributed by atoms with Crippen molar-refractivity contribution in [1.82, 2.24) is 20.5 Å². The van der Waals surface area contributed by atoms with Crippen LogP contribution in [0, 0.1) is 0 Å². The highest BCUT2D eigenvalue weighted by Gasteiger charge is 2.20. The minimum Gasteiger partial charge on any atom is -0.316 e. The fourth-order valence-electron chi connectivity index (χ4n) is 2.10. The molecule has 0 aliphatic carbocycles. The summed E-state index contributed by atoms with van der Waals surface area (Å²) in [6.45, 7) is 2.06. The van der Waals surface area contributed by atoms with Crippen LogP contribution in [0.3, 0.4) is 0 Å². The zero-order valence-electron chi connectivity index (χ0n) is 9.28. The lowest BCUT2D eigenvalue weighted by molar-refractivity contribution is 0.706. The number of H-pyrrole nitrogens is 1. The summed E-state index contributed by atoms with van der Waals surface area (Å²) in [6.07, 6.45) is 1.13. The molecule has 1 unspecified atom stereocenters. The van der Waals surface area contributed by atoms with Crippen LogP contribution in [0.25, 0.3) is 11.4 Å². The first kappa shape index (κ1) is 10.9. The third-order valence-corrected chi connectivity index (χ3v) is 3.53. The van der Waals surface area contributed by atoms with Gasteiger partial charge in [-0.3, -0.25) is 5.10 Å². The molecule has 1 fully saturated rings. The van der Waals surface area contributed by atoms with Crippen LogP contribution < -0.4 is 5.32 Å². The third-order valence-electron chi connectivity index (χ3n) is 3.03. The highest BCUT2D eigenvalue weighted by atomic mass is 79.9. The lowest BCUT2D eigenvalue weighted by atomic mass is 10.1. The largest absolute Gasteiger partial charge is 0.316 e. The summed E-state index contributed by atoms with van der Waals surface area (Å²) >= 11 is 3.46. The Morgan fingerprint density at radius 3 is 3.06 bits per heavy atom. The van der Waals surface area contributed by atoms with Crippen molar-refractivity contribution in [2.45, 2.75) is 12.3 Å². The van der Waals surface area contributed by atoms with Gasteiger partial charge in [-0.1, -0.05) is 28.1 Å². The zero-order valence-corrected chi connectivity index (χ0v) is 10.9. The number of rotatable bonds is 2. The summed E-state index contributed by atoms with van der Waals surface area (Å²) in [5.41, 5.74) is 1.04. The molecule has 0 amide bonds. The van der Waals surface area contributed by atoms with Crippen molar-refractivity contribution in [2.75, 3.05) is 13.1 Å². The van der Waals surface area contributed by atoms with E-state index in [-0.39, 0.29) is 0 Å². The Hall–Kier alpha value is -1.20.